The number of aromatic amines is 1. The number of hydrogen-bond acceptors (Lipinski definition) is 2. The van der Waals surface area contributed by atoms with Crippen molar-refractivity contribution in [2.75, 3.05) is 4.72 Å². The summed E-state index contributed by atoms with van der Waals surface area (Å²) in [5.41, 5.74) is 3.91. The number of aromatic nitrogens is 1. The molecule has 3 rings (SSSR count). The summed E-state index contributed by atoms with van der Waals surface area (Å²) in [5.74, 6) is 0.373. The second-order valence-corrected chi connectivity index (χ2v) is 8.71. The van der Waals surface area contributed by atoms with Gasteiger partial charge in [-0.15, -0.1) is 0 Å². The highest BCUT2D eigenvalue weighted by atomic mass is 32.2. The number of rotatable bonds is 7. The van der Waals surface area contributed by atoms with Crippen LogP contribution in [0.4, 0.5) is 5.69 Å². The van der Waals surface area contributed by atoms with Crippen molar-refractivity contribution in [2.24, 2.45) is 0 Å². The van der Waals surface area contributed by atoms with Gasteiger partial charge < -0.3 is 4.98 Å². The standard InChI is InChI=1S/C21H26N2O2S/c1-4-5-6-18-13-17-14-19(9-12-21(17)22-18)23-26(24,25)20-10-7-16(8-11-20)15(2)3/h7-15,22-23H,4-6H2,1-3H3. The third-order valence-corrected chi connectivity index (χ3v) is 5.98. The molecular formula is C21H26N2O2S. The Morgan fingerprint density at radius 1 is 1.04 bits per heavy atom. The second-order valence-electron chi connectivity index (χ2n) is 7.03. The number of nitrogens with one attached hydrogen (secondary N) is 2. The van der Waals surface area contributed by atoms with Gasteiger partial charge in [-0.2, -0.15) is 0 Å². The number of benzene rings is 2. The van der Waals surface area contributed by atoms with E-state index in [1.54, 1.807) is 18.2 Å². The Kier molecular flexibility index (Phi) is 5.37. The predicted molar refractivity (Wildman–Crippen MR) is 108 cm³/mol. The van der Waals surface area contributed by atoms with E-state index in [1.165, 1.54) is 5.69 Å². The first-order chi connectivity index (χ1) is 12.4. The van der Waals surface area contributed by atoms with Crippen molar-refractivity contribution in [1.29, 1.82) is 0 Å². The van der Waals surface area contributed by atoms with E-state index in [4.69, 9.17) is 0 Å². The minimum absolute atomic E-state index is 0.278. The summed E-state index contributed by atoms with van der Waals surface area (Å²) in [7, 11) is -3.59. The van der Waals surface area contributed by atoms with Gasteiger partial charge in [0.1, 0.15) is 0 Å². The van der Waals surface area contributed by atoms with Crippen LogP contribution in [0, 0.1) is 0 Å². The van der Waals surface area contributed by atoms with Crippen LogP contribution in [-0.4, -0.2) is 13.4 Å². The Balaban J connectivity index is 1.82. The van der Waals surface area contributed by atoms with Crippen LogP contribution in [0.5, 0.6) is 0 Å². The van der Waals surface area contributed by atoms with E-state index in [0.29, 0.717) is 11.6 Å². The summed E-state index contributed by atoms with van der Waals surface area (Å²) in [6.07, 6.45) is 3.29. The molecule has 0 atom stereocenters. The van der Waals surface area contributed by atoms with Crippen LogP contribution in [0.3, 0.4) is 0 Å². The summed E-state index contributed by atoms with van der Waals surface area (Å²) < 4.78 is 28.0. The fourth-order valence-corrected chi connectivity index (χ4v) is 4.05. The maximum Gasteiger partial charge on any atom is 0.261 e. The van der Waals surface area contributed by atoms with Crippen LogP contribution in [0.2, 0.25) is 0 Å². The topological polar surface area (TPSA) is 62.0 Å². The largest absolute Gasteiger partial charge is 0.358 e. The number of unbranched alkanes of at least 4 members (excludes halogenated alkanes) is 1. The minimum atomic E-state index is -3.59. The number of hydrogen-bond donors (Lipinski definition) is 2. The normalized spacial score (nSPS) is 12.0. The van der Waals surface area contributed by atoms with Crippen LogP contribution >= 0.6 is 0 Å². The molecule has 2 aromatic carbocycles. The Labute approximate surface area is 155 Å². The van der Waals surface area contributed by atoms with Gasteiger partial charge in [0.25, 0.3) is 10.0 Å². The first-order valence-electron chi connectivity index (χ1n) is 9.13. The molecule has 4 nitrogen and oxygen atoms in total. The average molecular weight is 371 g/mol. The lowest BCUT2D eigenvalue weighted by molar-refractivity contribution is 0.601. The molecule has 0 aliphatic rings. The lowest BCUT2D eigenvalue weighted by atomic mass is 10.0. The summed E-state index contributed by atoms with van der Waals surface area (Å²) in [4.78, 5) is 3.67. The predicted octanol–water partition coefficient (Wildman–Crippen LogP) is 5.43. The highest BCUT2D eigenvalue weighted by Crippen LogP contribution is 2.24. The quantitative estimate of drug-likeness (QED) is 0.582. The SMILES string of the molecule is CCCCc1cc2cc(NS(=O)(=O)c3ccc(C(C)C)cc3)ccc2[nH]1. The molecule has 0 bridgehead atoms. The molecule has 0 spiro atoms. The van der Waals surface area contributed by atoms with Crippen molar-refractivity contribution in [3.63, 3.8) is 0 Å². The summed E-state index contributed by atoms with van der Waals surface area (Å²) in [6.45, 7) is 6.34. The van der Waals surface area contributed by atoms with Crippen molar-refractivity contribution in [2.45, 2.75) is 50.8 Å². The van der Waals surface area contributed by atoms with E-state index in [1.807, 2.05) is 24.3 Å². The van der Waals surface area contributed by atoms with Gasteiger partial charge in [-0.3, -0.25) is 4.72 Å². The van der Waals surface area contributed by atoms with Crippen molar-refractivity contribution in [3.8, 4) is 0 Å². The van der Waals surface area contributed by atoms with E-state index in [0.717, 1.165) is 35.7 Å². The van der Waals surface area contributed by atoms with Crippen LogP contribution in [-0.2, 0) is 16.4 Å². The number of H-pyrrole nitrogens is 1. The number of anilines is 1. The smallest absolute Gasteiger partial charge is 0.261 e. The molecule has 2 N–H and O–H groups in total. The molecule has 5 heteroatoms. The Morgan fingerprint density at radius 2 is 1.77 bits per heavy atom. The molecule has 26 heavy (non-hydrogen) atoms. The molecule has 0 aliphatic heterocycles. The molecule has 0 saturated carbocycles. The molecule has 3 aromatic rings. The summed E-state index contributed by atoms with van der Waals surface area (Å²) in [6, 6.07) is 14.8. The zero-order chi connectivity index (χ0) is 18.7. The maximum atomic E-state index is 12.6. The molecule has 0 fully saturated rings. The van der Waals surface area contributed by atoms with Gasteiger partial charge in [0.05, 0.1) is 4.90 Å². The number of sulfonamides is 1. The third-order valence-electron chi connectivity index (χ3n) is 4.59. The van der Waals surface area contributed by atoms with Gasteiger partial charge in [0.15, 0.2) is 0 Å². The first kappa shape index (κ1) is 18.5. The van der Waals surface area contributed by atoms with Crippen molar-refractivity contribution in [3.05, 3.63) is 59.8 Å². The molecule has 0 aliphatic carbocycles. The highest BCUT2D eigenvalue weighted by molar-refractivity contribution is 7.92. The second kappa shape index (κ2) is 7.54. The zero-order valence-electron chi connectivity index (χ0n) is 15.5. The Hall–Kier alpha value is -2.27. The van der Waals surface area contributed by atoms with Gasteiger partial charge in [0, 0.05) is 22.3 Å². The lowest BCUT2D eigenvalue weighted by Gasteiger charge is -2.10. The molecule has 1 aromatic heterocycles. The first-order valence-corrected chi connectivity index (χ1v) is 10.6. The van der Waals surface area contributed by atoms with E-state index in [9.17, 15) is 8.42 Å². The third kappa shape index (κ3) is 4.10. The molecule has 138 valence electrons. The average Bonchev–Trinajstić information content (AvgIpc) is 3.01. The molecule has 0 radical (unpaired) electrons. The van der Waals surface area contributed by atoms with Gasteiger partial charge in [0.2, 0.25) is 0 Å². The van der Waals surface area contributed by atoms with Crippen molar-refractivity contribution in [1.82, 2.24) is 4.98 Å². The molecule has 0 amide bonds. The highest BCUT2D eigenvalue weighted by Gasteiger charge is 2.15. The van der Waals surface area contributed by atoms with Crippen LogP contribution in [0.1, 0.15) is 50.8 Å². The monoisotopic (exact) mass is 370 g/mol. The number of fused-ring (bicyclic) bond motifs is 1. The minimum Gasteiger partial charge on any atom is -0.358 e. The fourth-order valence-electron chi connectivity index (χ4n) is 3.00. The molecule has 1 heterocycles. The van der Waals surface area contributed by atoms with E-state index in [-0.39, 0.29) is 4.90 Å². The van der Waals surface area contributed by atoms with Gasteiger partial charge in [-0.05, 0) is 60.7 Å². The lowest BCUT2D eigenvalue weighted by Crippen LogP contribution is -2.12. The Morgan fingerprint density at radius 3 is 2.42 bits per heavy atom. The molecular weight excluding hydrogens is 344 g/mol. The van der Waals surface area contributed by atoms with Crippen molar-refractivity contribution < 1.29 is 8.42 Å². The van der Waals surface area contributed by atoms with E-state index >= 15 is 0 Å². The number of aryl methyl sites for hydroxylation is 1. The Bertz CT molecular complexity index is 987. The van der Waals surface area contributed by atoms with Gasteiger partial charge in [-0.1, -0.05) is 39.3 Å². The van der Waals surface area contributed by atoms with Gasteiger partial charge in [-0.25, -0.2) is 8.42 Å². The molecule has 0 unspecified atom stereocenters. The van der Waals surface area contributed by atoms with Crippen LogP contribution in [0.15, 0.2) is 53.4 Å². The zero-order valence-corrected chi connectivity index (χ0v) is 16.4. The molecule has 0 saturated heterocycles. The van der Waals surface area contributed by atoms with E-state index in [2.05, 4.69) is 36.5 Å². The fraction of sp³-hybridized carbons (Fsp3) is 0.333. The van der Waals surface area contributed by atoms with E-state index < -0.39 is 10.0 Å². The van der Waals surface area contributed by atoms with Crippen molar-refractivity contribution >= 4 is 26.6 Å². The van der Waals surface area contributed by atoms with Gasteiger partial charge >= 0.3 is 0 Å². The maximum absolute atomic E-state index is 12.6. The van der Waals surface area contributed by atoms with Crippen LogP contribution < -0.4 is 4.72 Å². The summed E-state index contributed by atoms with van der Waals surface area (Å²) >= 11 is 0. The van der Waals surface area contributed by atoms with Crippen LogP contribution in [0.25, 0.3) is 10.9 Å². The summed E-state index contributed by atoms with van der Waals surface area (Å²) in [5, 5.41) is 1.02.